The summed E-state index contributed by atoms with van der Waals surface area (Å²) in [7, 11) is -2.15. The molecule has 25 heavy (non-hydrogen) atoms. The molecule has 0 atom stereocenters. The van der Waals surface area contributed by atoms with E-state index < -0.39 is 21.5 Å². The number of sulfonamides is 1. The van der Waals surface area contributed by atoms with Crippen LogP contribution in [0.3, 0.4) is 0 Å². The maximum atomic E-state index is 12.3. The number of carboxylic acid groups (broad SMARTS) is 1. The van der Waals surface area contributed by atoms with Crippen molar-refractivity contribution >= 4 is 16.0 Å². The Bertz CT molecular complexity index is 881. The van der Waals surface area contributed by atoms with Gasteiger partial charge in [-0.1, -0.05) is 12.1 Å². The number of rotatable bonds is 5. The second-order valence-electron chi connectivity index (χ2n) is 6.60. The molecule has 134 valence electrons. The lowest BCUT2D eigenvalue weighted by molar-refractivity contribution is 0.0696. The summed E-state index contributed by atoms with van der Waals surface area (Å²) in [6.07, 6.45) is 0. The van der Waals surface area contributed by atoms with Crippen molar-refractivity contribution in [1.29, 1.82) is 0 Å². The monoisotopic (exact) mass is 363 g/mol. The number of carboxylic acids is 1. The van der Waals surface area contributed by atoms with Gasteiger partial charge < -0.3 is 9.84 Å². The van der Waals surface area contributed by atoms with Crippen LogP contribution in [0.1, 0.15) is 31.1 Å². The standard InChI is InChI=1S/C18H21NO5S/c1-18(2,3)19-25(22,23)14-8-5-12(6-9-14)15-10-7-13(17(20)21)11-16(15)24-4/h5-11,19H,1-4H3,(H,20,21). The van der Waals surface area contributed by atoms with Crippen LogP contribution < -0.4 is 9.46 Å². The van der Waals surface area contributed by atoms with Gasteiger partial charge in [0.15, 0.2) is 0 Å². The van der Waals surface area contributed by atoms with Crippen LogP contribution in [0.2, 0.25) is 0 Å². The SMILES string of the molecule is COc1cc(C(=O)O)ccc1-c1ccc(S(=O)(=O)NC(C)(C)C)cc1. The molecular weight excluding hydrogens is 342 g/mol. The van der Waals surface area contributed by atoms with Crippen LogP contribution in [0, 0.1) is 0 Å². The van der Waals surface area contributed by atoms with Crippen molar-refractivity contribution in [1.82, 2.24) is 4.72 Å². The quantitative estimate of drug-likeness (QED) is 0.851. The van der Waals surface area contributed by atoms with Crippen LogP contribution in [0.5, 0.6) is 5.75 Å². The Morgan fingerprint density at radius 1 is 1.08 bits per heavy atom. The van der Waals surface area contributed by atoms with E-state index in [4.69, 9.17) is 9.84 Å². The fraction of sp³-hybridized carbons (Fsp3) is 0.278. The summed E-state index contributed by atoms with van der Waals surface area (Å²) in [4.78, 5) is 11.2. The first kappa shape index (κ1) is 19.0. The number of ether oxygens (including phenoxy) is 1. The lowest BCUT2D eigenvalue weighted by Crippen LogP contribution is -2.40. The highest BCUT2D eigenvalue weighted by Crippen LogP contribution is 2.31. The molecule has 0 fully saturated rings. The van der Waals surface area contributed by atoms with E-state index in [9.17, 15) is 13.2 Å². The molecule has 2 N–H and O–H groups in total. The maximum Gasteiger partial charge on any atom is 0.335 e. The fourth-order valence-corrected chi connectivity index (χ4v) is 3.76. The van der Waals surface area contributed by atoms with E-state index in [1.54, 1.807) is 39.0 Å². The number of carbonyl (C=O) groups is 1. The van der Waals surface area contributed by atoms with E-state index in [1.165, 1.54) is 31.4 Å². The summed E-state index contributed by atoms with van der Waals surface area (Å²) in [6, 6.07) is 10.9. The molecule has 6 nitrogen and oxygen atoms in total. The van der Waals surface area contributed by atoms with Crippen LogP contribution >= 0.6 is 0 Å². The molecule has 7 heteroatoms. The molecule has 0 saturated heterocycles. The predicted molar refractivity (Wildman–Crippen MR) is 95.5 cm³/mol. The highest BCUT2D eigenvalue weighted by molar-refractivity contribution is 7.89. The summed E-state index contributed by atoms with van der Waals surface area (Å²) in [5.74, 6) is -0.636. The van der Waals surface area contributed by atoms with Gasteiger partial charge in [-0.3, -0.25) is 0 Å². The molecule has 0 spiro atoms. The third kappa shape index (κ3) is 4.58. The Hall–Kier alpha value is -2.38. The zero-order valence-corrected chi connectivity index (χ0v) is 15.3. The normalized spacial score (nSPS) is 12.0. The number of hydrogen-bond donors (Lipinski definition) is 2. The molecule has 0 radical (unpaired) electrons. The van der Waals surface area contributed by atoms with Crippen molar-refractivity contribution in [3.05, 3.63) is 48.0 Å². The van der Waals surface area contributed by atoms with Crippen LogP contribution in [-0.4, -0.2) is 32.1 Å². The third-order valence-corrected chi connectivity index (χ3v) is 5.14. The van der Waals surface area contributed by atoms with E-state index in [0.717, 1.165) is 5.56 Å². The number of nitrogens with one attached hydrogen (secondary N) is 1. The van der Waals surface area contributed by atoms with Gasteiger partial charge >= 0.3 is 5.97 Å². The zero-order chi connectivity index (χ0) is 18.8. The number of aromatic carboxylic acids is 1. The predicted octanol–water partition coefficient (Wildman–Crippen LogP) is 3.14. The van der Waals surface area contributed by atoms with Crippen molar-refractivity contribution in [2.45, 2.75) is 31.2 Å². The first-order valence-electron chi connectivity index (χ1n) is 7.59. The van der Waals surface area contributed by atoms with Gasteiger partial charge in [-0.2, -0.15) is 0 Å². The summed E-state index contributed by atoms with van der Waals surface area (Å²) in [5.41, 5.74) is 0.950. The van der Waals surface area contributed by atoms with Gasteiger partial charge in [-0.15, -0.1) is 0 Å². The third-order valence-electron chi connectivity index (χ3n) is 3.36. The van der Waals surface area contributed by atoms with Crippen LogP contribution in [0.15, 0.2) is 47.4 Å². The highest BCUT2D eigenvalue weighted by atomic mass is 32.2. The van der Waals surface area contributed by atoms with Gasteiger partial charge in [0.2, 0.25) is 10.0 Å². The van der Waals surface area contributed by atoms with Crippen molar-refractivity contribution in [3.63, 3.8) is 0 Å². The van der Waals surface area contributed by atoms with E-state index >= 15 is 0 Å². The van der Waals surface area contributed by atoms with E-state index in [2.05, 4.69) is 4.72 Å². The van der Waals surface area contributed by atoms with Crippen molar-refractivity contribution in [3.8, 4) is 16.9 Å². The average molecular weight is 363 g/mol. The lowest BCUT2D eigenvalue weighted by Gasteiger charge is -2.20. The topological polar surface area (TPSA) is 92.7 Å². The Kier molecular flexibility index (Phi) is 5.20. The maximum absolute atomic E-state index is 12.3. The van der Waals surface area contributed by atoms with E-state index in [-0.39, 0.29) is 10.5 Å². The summed E-state index contributed by atoms with van der Waals surface area (Å²) in [6.45, 7) is 5.31. The van der Waals surface area contributed by atoms with Crippen molar-refractivity contribution in [2.24, 2.45) is 0 Å². The largest absolute Gasteiger partial charge is 0.496 e. The van der Waals surface area contributed by atoms with Gasteiger partial charge in [0.05, 0.1) is 17.6 Å². The highest BCUT2D eigenvalue weighted by Gasteiger charge is 2.22. The van der Waals surface area contributed by atoms with Gasteiger partial charge in [-0.05, 0) is 56.7 Å². The molecule has 0 unspecified atom stereocenters. The number of hydrogen-bond acceptors (Lipinski definition) is 4. The fourth-order valence-electron chi connectivity index (χ4n) is 2.34. The minimum atomic E-state index is -3.61. The van der Waals surface area contributed by atoms with Gasteiger partial charge in [0.1, 0.15) is 5.75 Å². The second-order valence-corrected chi connectivity index (χ2v) is 8.28. The van der Waals surface area contributed by atoms with Crippen molar-refractivity contribution in [2.75, 3.05) is 7.11 Å². The van der Waals surface area contributed by atoms with Crippen LogP contribution in [0.25, 0.3) is 11.1 Å². The molecule has 0 bridgehead atoms. The molecule has 0 amide bonds. The Balaban J connectivity index is 2.39. The first-order valence-corrected chi connectivity index (χ1v) is 9.07. The smallest absolute Gasteiger partial charge is 0.335 e. The summed E-state index contributed by atoms with van der Waals surface area (Å²) < 4.78 is 32.5. The average Bonchev–Trinajstić information content (AvgIpc) is 2.52. The van der Waals surface area contributed by atoms with Gasteiger partial charge in [-0.25, -0.2) is 17.9 Å². The Morgan fingerprint density at radius 3 is 2.16 bits per heavy atom. The van der Waals surface area contributed by atoms with Crippen LogP contribution in [0.4, 0.5) is 0 Å². The minimum absolute atomic E-state index is 0.120. The summed E-state index contributed by atoms with van der Waals surface area (Å²) >= 11 is 0. The summed E-state index contributed by atoms with van der Waals surface area (Å²) in [5, 5.41) is 9.06. The second kappa shape index (κ2) is 6.85. The van der Waals surface area contributed by atoms with Gasteiger partial charge in [0.25, 0.3) is 0 Å². The Morgan fingerprint density at radius 2 is 1.68 bits per heavy atom. The Labute approximate surface area is 147 Å². The molecule has 2 rings (SSSR count). The number of benzene rings is 2. The first-order chi connectivity index (χ1) is 11.5. The molecule has 2 aromatic rings. The van der Waals surface area contributed by atoms with E-state index in [0.29, 0.717) is 11.3 Å². The molecule has 0 saturated carbocycles. The molecular formula is C18H21NO5S. The molecule has 0 aromatic heterocycles. The van der Waals surface area contributed by atoms with Crippen molar-refractivity contribution < 1.29 is 23.1 Å². The lowest BCUT2D eigenvalue weighted by atomic mass is 10.0. The molecule has 0 aliphatic rings. The zero-order valence-electron chi connectivity index (χ0n) is 14.5. The van der Waals surface area contributed by atoms with E-state index in [1.807, 2.05) is 0 Å². The molecule has 0 aliphatic carbocycles. The molecule has 0 heterocycles. The number of methoxy groups -OCH3 is 1. The molecule has 0 aliphatic heterocycles. The van der Waals surface area contributed by atoms with Crippen LogP contribution in [-0.2, 0) is 10.0 Å². The molecule has 2 aromatic carbocycles. The minimum Gasteiger partial charge on any atom is -0.496 e. The van der Waals surface area contributed by atoms with Gasteiger partial charge in [0, 0.05) is 11.1 Å².